The molecule has 4 aliphatic rings. The molecular formula is C38H53N3O7. The number of esters is 1. The minimum absolute atomic E-state index is 0.125. The van der Waals surface area contributed by atoms with Crippen LogP contribution < -0.4 is 5.32 Å². The van der Waals surface area contributed by atoms with Gasteiger partial charge in [-0.1, -0.05) is 89.3 Å². The van der Waals surface area contributed by atoms with Crippen LogP contribution in [0.1, 0.15) is 86.3 Å². The summed E-state index contributed by atoms with van der Waals surface area (Å²) in [5.74, 6) is -3.76. The largest absolute Gasteiger partial charge is 0.455 e. The number of carbonyl (C=O) groups excluding carboxylic acids is 4. The molecule has 4 aliphatic heterocycles. The normalized spacial score (nSPS) is 32.8. The van der Waals surface area contributed by atoms with E-state index in [0.717, 1.165) is 0 Å². The quantitative estimate of drug-likeness (QED) is 0.343. The van der Waals surface area contributed by atoms with Crippen LogP contribution in [0.3, 0.4) is 0 Å². The second kappa shape index (κ2) is 13.4. The van der Waals surface area contributed by atoms with Crippen molar-refractivity contribution in [2.75, 3.05) is 13.2 Å². The van der Waals surface area contributed by atoms with Gasteiger partial charge in [-0.2, -0.15) is 0 Å². The maximum absolute atomic E-state index is 15.2. The summed E-state index contributed by atoms with van der Waals surface area (Å²) in [5, 5.41) is 13.7. The molecule has 2 N–H and O–H groups in total. The Labute approximate surface area is 284 Å². The molecule has 2 saturated heterocycles. The first-order valence-corrected chi connectivity index (χ1v) is 17.3. The number of nitrogens with one attached hydrogen (secondary N) is 1. The molecule has 0 radical (unpaired) electrons. The Bertz CT molecular complexity index is 1450. The first-order chi connectivity index (χ1) is 22.5. The predicted octanol–water partition coefficient (Wildman–Crippen LogP) is 4.34. The SMILES string of the molecule is CC(C)[C@H](CO)N1C(=O)[C@@H]2[C@H]3C(=O)O[C@@H](c4ccccc4)[C@H](C)NC(=O)CC/C=C\CN(C(C)(C)CC(C)(C)C)C(=O)[C@@H]1[C@]21C=C[C@H]3O1. The van der Waals surface area contributed by atoms with E-state index in [0.29, 0.717) is 18.4 Å². The second-order valence-corrected chi connectivity index (χ2v) is 16.1. The van der Waals surface area contributed by atoms with E-state index in [4.69, 9.17) is 9.47 Å². The second-order valence-electron chi connectivity index (χ2n) is 16.1. The molecule has 8 atom stereocenters. The van der Waals surface area contributed by atoms with E-state index >= 15 is 4.79 Å². The molecule has 1 aromatic rings. The highest BCUT2D eigenvalue weighted by atomic mass is 16.6. The van der Waals surface area contributed by atoms with Gasteiger partial charge in [0.15, 0.2) is 0 Å². The van der Waals surface area contributed by atoms with Gasteiger partial charge in [0, 0.05) is 18.5 Å². The molecule has 48 heavy (non-hydrogen) atoms. The zero-order valence-corrected chi connectivity index (χ0v) is 29.6. The number of ether oxygens (including phenoxy) is 2. The van der Waals surface area contributed by atoms with Crippen LogP contribution >= 0.6 is 0 Å². The Balaban J connectivity index is 1.65. The molecule has 4 heterocycles. The summed E-state index contributed by atoms with van der Waals surface area (Å²) in [6, 6.07) is 6.86. The monoisotopic (exact) mass is 663 g/mol. The molecule has 5 rings (SSSR count). The summed E-state index contributed by atoms with van der Waals surface area (Å²) < 4.78 is 12.9. The van der Waals surface area contributed by atoms with Crippen molar-refractivity contribution in [1.29, 1.82) is 0 Å². The summed E-state index contributed by atoms with van der Waals surface area (Å²) in [7, 11) is 0. The van der Waals surface area contributed by atoms with Crippen molar-refractivity contribution in [3.8, 4) is 0 Å². The van der Waals surface area contributed by atoms with E-state index in [1.807, 2.05) is 70.2 Å². The van der Waals surface area contributed by atoms with Crippen molar-refractivity contribution in [3.05, 3.63) is 60.2 Å². The van der Waals surface area contributed by atoms with Crippen LogP contribution in [0, 0.1) is 23.2 Å². The van der Waals surface area contributed by atoms with E-state index < -0.39 is 65.2 Å². The summed E-state index contributed by atoms with van der Waals surface area (Å²) >= 11 is 0. The number of benzene rings is 1. The first-order valence-electron chi connectivity index (χ1n) is 17.3. The third-order valence-corrected chi connectivity index (χ3v) is 10.3. The standard InChI is InChI=1S/C38H53N3O7/c1-23(2)26(21-42)41-32-34(45)40(37(7,8)22-36(4,5)6)20-14-10-13-17-28(43)39-24(3)31(25-15-11-9-12-16-25)47-35(46)29-27-18-19-38(32,48-27)30(29)33(41)44/h9-12,14-16,18-19,23-24,26-27,29-32,42H,13,17,20-22H2,1-8H3,(H,39,43)/b14-10-/t24-,26-,27+,29-,30-,31+,32+,38-/m0/s1. The van der Waals surface area contributed by atoms with Crippen LogP contribution in [0.2, 0.25) is 0 Å². The molecular weight excluding hydrogens is 610 g/mol. The minimum Gasteiger partial charge on any atom is -0.455 e. The molecule has 3 amide bonds. The summed E-state index contributed by atoms with van der Waals surface area (Å²) in [6.45, 7) is 15.9. The van der Waals surface area contributed by atoms with E-state index in [9.17, 15) is 19.5 Å². The molecule has 0 aliphatic carbocycles. The van der Waals surface area contributed by atoms with E-state index in [2.05, 4.69) is 26.1 Å². The third-order valence-electron chi connectivity index (χ3n) is 10.3. The zero-order valence-electron chi connectivity index (χ0n) is 29.6. The molecule has 10 nitrogen and oxygen atoms in total. The van der Waals surface area contributed by atoms with Gasteiger partial charge in [0.25, 0.3) is 0 Å². The van der Waals surface area contributed by atoms with Crippen LogP contribution in [-0.4, -0.2) is 87.1 Å². The Morgan fingerprint density at radius 3 is 2.33 bits per heavy atom. The summed E-state index contributed by atoms with van der Waals surface area (Å²) in [4.78, 5) is 60.6. The molecule has 2 fully saturated rings. The highest BCUT2D eigenvalue weighted by Gasteiger charge is 2.74. The van der Waals surface area contributed by atoms with Gasteiger partial charge < -0.3 is 29.7 Å². The number of hydrogen-bond acceptors (Lipinski definition) is 7. The number of hydrogen-bond donors (Lipinski definition) is 2. The Kier molecular flexibility index (Phi) is 10.0. The molecule has 262 valence electrons. The molecule has 1 spiro atoms. The number of fused-ring (bicyclic) bond motifs is 2. The molecule has 5 bridgehead atoms. The lowest BCUT2D eigenvalue weighted by Crippen LogP contribution is -2.63. The van der Waals surface area contributed by atoms with E-state index in [1.54, 1.807) is 24.0 Å². The Morgan fingerprint density at radius 1 is 1.02 bits per heavy atom. The number of carbonyl (C=O) groups is 4. The Morgan fingerprint density at radius 2 is 1.71 bits per heavy atom. The fourth-order valence-electron chi connectivity index (χ4n) is 8.53. The first kappa shape index (κ1) is 35.8. The smallest absolute Gasteiger partial charge is 0.313 e. The van der Waals surface area contributed by atoms with Gasteiger partial charge in [-0.15, -0.1) is 0 Å². The fourth-order valence-corrected chi connectivity index (χ4v) is 8.53. The number of cyclic esters (lactones) is 1. The van der Waals surface area contributed by atoms with E-state index in [1.165, 1.54) is 4.90 Å². The van der Waals surface area contributed by atoms with Crippen LogP contribution in [0.5, 0.6) is 0 Å². The summed E-state index contributed by atoms with van der Waals surface area (Å²) in [5.41, 5.74) is -1.48. The number of likely N-dealkylation sites (tertiary alicyclic amines) is 1. The topological polar surface area (TPSA) is 125 Å². The third kappa shape index (κ3) is 6.58. The van der Waals surface area contributed by atoms with Gasteiger partial charge in [0.2, 0.25) is 17.7 Å². The fraction of sp³-hybridized carbons (Fsp3) is 0.632. The van der Waals surface area contributed by atoms with Crippen LogP contribution in [-0.2, 0) is 28.7 Å². The predicted molar refractivity (Wildman–Crippen MR) is 181 cm³/mol. The zero-order chi connectivity index (χ0) is 35.2. The number of nitrogens with zero attached hydrogens (tertiary/aromatic N) is 2. The van der Waals surface area contributed by atoms with Gasteiger partial charge in [0.1, 0.15) is 23.7 Å². The van der Waals surface area contributed by atoms with Crippen molar-refractivity contribution < 1.29 is 33.8 Å². The molecule has 10 heteroatoms. The van der Waals surface area contributed by atoms with Gasteiger partial charge >= 0.3 is 5.97 Å². The van der Waals surface area contributed by atoms with Gasteiger partial charge in [-0.3, -0.25) is 19.2 Å². The maximum atomic E-state index is 15.2. The maximum Gasteiger partial charge on any atom is 0.313 e. The van der Waals surface area contributed by atoms with Crippen molar-refractivity contribution in [1.82, 2.24) is 15.1 Å². The lowest BCUT2D eigenvalue weighted by Gasteiger charge is -2.46. The molecule has 0 unspecified atom stereocenters. The number of allylic oxidation sites excluding steroid dienone is 1. The van der Waals surface area contributed by atoms with Gasteiger partial charge in [-0.05, 0) is 50.5 Å². The number of aliphatic hydroxyl groups is 1. The van der Waals surface area contributed by atoms with E-state index in [-0.39, 0.29) is 42.7 Å². The van der Waals surface area contributed by atoms with Crippen molar-refractivity contribution >= 4 is 23.7 Å². The Hall–Kier alpha value is -3.50. The lowest BCUT2D eigenvalue weighted by atomic mass is 9.74. The number of rotatable bonds is 6. The number of aliphatic hydroxyl groups excluding tert-OH is 1. The molecule has 1 aromatic carbocycles. The number of amides is 3. The summed E-state index contributed by atoms with van der Waals surface area (Å²) in [6.07, 6.45) is 7.11. The van der Waals surface area contributed by atoms with Crippen molar-refractivity contribution in [2.45, 2.75) is 116 Å². The minimum atomic E-state index is -1.42. The molecule has 0 saturated carbocycles. The van der Waals surface area contributed by atoms with Gasteiger partial charge in [0.05, 0.1) is 30.7 Å². The average Bonchev–Trinajstić information content (AvgIpc) is 3.64. The lowest BCUT2D eigenvalue weighted by molar-refractivity contribution is -0.162. The van der Waals surface area contributed by atoms with Crippen LogP contribution in [0.25, 0.3) is 0 Å². The van der Waals surface area contributed by atoms with Crippen molar-refractivity contribution in [2.24, 2.45) is 23.2 Å². The van der Waals surface area contributed by atoms with Gasteiger partial charge in [-0.25, -0.2) is 0 Å². The van der Waals surface area contributed by atoms with Crippen molar-refractivity contribution in [3.63, 3.8) is 0 Å². The van der Waals surface area contributed by atoms with Crippen LogP contribution in [0.15, 0.2) is 54.6 Å². The van der Waals surface area contributed by atoms with Crippen LogP contribution in [0.4, 0.5) is 0 Å². The average molecular weight is 664 g/mol. The highest BCUT2D eigenvalue weighted by molar-refractivity contribution is 5.99. The molecule has 0 aromatic heterocycles. The highest BCUT2D eigenvalue weighted by Crippen LogP contribution is 2.57.